The van der Waals surface area contributed by atoms with E-state index in [4.69, 9.17) is 9.29 Å². The van der Waals surface area contributed by atoms with E-state index in [0.29, 0.717) is 25.7 Å². The van der Waals surface area contributed by atoms with Crippen molar-refractivity contribution in [3.05, 3.63) is 0 Å². The van der Waals surface area contributed by atoms with Crippen molar-refractivity contribution in [3.63, 3.8) is 0 Å². The largest absolute Gasteiger partial charge is 0.465 e. The van der Waals surface area contributed by atoms with E-state index in [9.17, 15) is 36.6 Å². The summed E-state index contributed by atoms with van der Waals surface area (Å²) in [6, 6.07) is 0. The molecule has 31 heavy (non-hydrogen) atoms. The Kier molecular flexibility index (Phi) is 6.75. The highest BCUT2D eigenvalue weighted by Gasteiger charge is 2.61. The van der Waals surface area contributed by atoms with Crippen LogP contribution in [0.5, 0.6) is 0 Å². The summed E-state index contributed by atoms with van der Waals surface area (Å²) in [5.74, 6) is -2.01. The lowest BCUT2D eigenvalue weighted by Crippen LogP contribution is -2.58. The Labute approximate surface area is 180 Å². The molecule has 11 heteroatoms. The zero-order valence-electron chi connectivity index (χ0n) is 17.5. The van der Waals surface area contributed by atoms with Crippen LogP contribution in [0.3, 0.4) is 0 Å². The normalized spacial score (nSPS) is 36.7. The minimum atomic E-state index is -5.92. The fourth-order valence-electron chi connectivity index (χ4n) is 5.99. The second-order valence-corrected chi connectivity index (χ2v) is 11.2. The van der Waals surface area contributed by atoms with Gasteiger partial charge in [-0.15, -0.1) is 0 Å². The molecule has 0 aromatic heterocycles. The zero-order chi connectivity index (χ0) is 23.2. The maximum absolute atomic E-state index is 13.6. The van der Waals surface area contributed by atoms with E-state index in [1.165, 1.54) is 0 Å². The van der Waals surface area contributed by atoms with E-state index in [2.05, 4.69) is 0 Å². The van der Waals surface area contributed by atoms with Gasteiger partial charge in [0.1, 0.15) is 0 Å². The highest BCUT2D eigenvalue weighted by atomic mass is 32.2. The Balaban J connectivity index is 1.64. The quantitative estimate of drug-likeness (QED) is 0.367. The fourth-order valence-corrected chi connectivity index (χ4v) is 6.43. The number of rotatable bonds is 8. The molecule has 0 radical (unpaired) electrons. The van der Waals surface area contributed by atoms with Gasteiger partial charge in [0.15, 0.2) is 6.17 Å². The van der Waals surface area contributed by atoms with Crippen LogP contribution in [0.1, 0.15) is 64.7 Å². The number of halogens is 3. The summed E-state index contributed by atoms with van der Waals surface area (Å²) in [6.45, 7) is 0.988. The Morgan fingerprint density at radius 2 is 1.81 bits per heavy atom. The Bertz CT molecular complexity index is 780. The molecule has 7 nitrogen and oxygen atoms in total. The van der Waals surface area contributed by atoms with E-state index in [1.54, 1.807) is 6.92 Å². The third-order valence-electron chi connectivity index (χ3n) is 7.65. The maximum Gasteiger partial charge on any atom is 0.400 e. The SMILES string of the molecule is CC1(O)CCCC1C1CC(C(=O)OCCC(F)C(F)(F)S(=O)(=O)O)C1C1(O)CCCC1. The Hall–Kier alpha value is -0.910. The molecule has 6 unspecified atom stereocenters. The van der Waals surface area contributed by atoms with E-state index in [-0.39, 0.29) is 11.8 Å². The van der Waals surface area contributed by atoms with Crippen molar-refractivity contribution in [2.45, 2.75) is 87.3 Å². The Morgan fingerprint density at radius 1 is 1.19 bits per heavy atom. The second-order valence-electron chi connectivity index (χ2n) is 9.66. The molecule has 0 bridgehead atoms. The van der Waals surface area contributed by atoms with Crippen LogP contribution in [0.25, 0.3) is 0 Å². The van der Waals surface area contributed by atoms with Crippen molar-refractivity contribution in [2.75, 3.05) is 6.61 Å². The van der Waals surface area contributed by atoms with E-state index >= 15 is 0 Å². The molecular formula is C20H31F3O7S. The highest BCUT2D eigenvalue weighted by molar-refractivity contribution is 7.86. The number of esters is 1. The lowest BCUT2D eigenvalue weighted by atomic mass is 9.52. The number of carbonyl (C=O) groups is 1. The first-order valence-corrected chi connectivity index (χ1v) is 12.2. The molecule has 3 rings (SSSR count). The van der Waals surface area contributed by atoms with Crippen molar-refractivity contribution >= 4 is 16.1 Å². The van der Waals surface area contributed by atoms with Crippen molar-refractivity contribution in [3.8, 4) is 0 Å². The molecule has 0 saturated heterocycles. The molecule has 6 atom stereocenters. The van der Waals surface area contributed by atoms with Crippen LogP contribution in [-0.4, -0.2) is 58.4 Å². The molecule has 0 aromatic carbocycles. The predicted molar refractivity (Wildman–Crippen MR) is 103 cm³/mol. The summed E-state index contributed by atoms with van der Waals surface area (Å²) in [5, 5.41) is 16.9. The summed E-state index contributed by atoms with van der Waals surface area (Å²) in [5.41, 5.74) is -1.94. The van der Waals surface area contributed by atoms with Gasteiger partial charge in [0.2, 0.25) is 0 Å². The van der Waals surface area contributed by atoms with Crippen LogP contribution in [-0.2, 0) is 19.6 Å². The van der Waals surface area contributed by atoms with Gasteiger partial charge < -0.3 is 14.9 Å². The molecule has 3 N–H and O–H groups in total. The van der Waals surface area contributed by atoms with Crippen molar-refractivity contribution in [1.29, 1.82) is 0 Å². The summed E-state index contributed by atoms with van der Waals surface area (Å²) >= 11 is 0. The molecule has 0 aliphatic heterocycles. The first kappa shape index (κ1) is 24.7. The van der Waals surface area contributed by atoms with Crippen LogP contribution in [0.2, 0.25) is 0 Å². The molecular weight excluding hydrogens is 441 g/mol. The van der Waals surface area contributed by atoms with Crippen LogP contribution >= 0.6 is 0 Å². The van der Waals surface area contributed by atoms with Gasteiger partial charge in [0.25, 0.3) is 0 Å². The summed E-state index contributed by atoms with van der Waals surface area (Å²) < 4.78 is 74.8. The number of aliphatic hydroxyl groups is 2. The van der Waals surface area contributed by atoms with Crippen LogP contribution in [0.15, 0.2) is 0 Å². The second kappa shape index (κ2) is 8.46. The molecule has 3 aliphatic rings. The molecule has 0 spiro atoms. The topological polar surface area (TPSA) is 121 Å². The van der Waals surface area contributed by atoms with Gasteiger partial charge in [-0.25, -0.2) is 4.39 Å². The number of carbonyl (C=O) groups excluding carboxylic acids is 1. The molecule has 3 aliphatic carbocycles. The molecule has 0 aromatic rings. The number of ether oxygens (including phenoxy) is 1. The number of hydrogen-bond acceptors (Lipinski definition) is 6. The highest BCUT2D eigenvalue weighted by Crippen LogP contribution is 2.59. The standard InChI is InChI=1S/C20H31F3O7S/c1-18(25)7-4-5-14(18)12-11-13(16(12)19(26)8-2-3-9-19)17(24)30-10-6-15(21)20(22,23)31(27,28)29/h12-16,25-26H,2-11H2,1H3,(H,27,28,29). The summed E-state index contributed by atoms with van der Waals surface area (Å²) in [4.78, 5) is 12.6. The first-order valence-electron chi connectivity index (χ1n) is 10.8. The van der Waals surface area contributed by atoms with E-state index < -0.39 is 63.6 Å². The Morgan fingerprint density at radius 3 is 2.32 bits per heavy atom. The molecule has 0 heterocycles. The van der Waals surface area contributed by atoms with Crippen molar-refractivity contribution < 1.29 is 45.9 Å². The predicted octanol–water partition coefficient (Wildman–Crippen LogP) is 2.85. The molecule has 180 valence electrons. The monoisotopic (exact) mass is 472 g/mol. The summed E-state index contributed by atoms with van der Waals surface area (Å²) in [6.07, 6.45) is 1.04. The smallest absolute Gasteiger partial charge is 0.400 e. The average Bonchev–Trinajstić information content (AvgIpc) is 3.18. The van der Waals surface area contributed by atoms with Gasteiger partial charge in [-0.2, -0.15) is 17.2 Å². The lowest BCUT2D eigenvalue weighted by Gasteiger charge is -2.54. The van der Waals surface area contributed by atoms with Crippen molar-refractivity contribution in [1.82, 2.24) is 0 Å². The third kappa shape index (κ3) is 4.60. The first-order chi connectivity index (χ1) is 14.2. The lowest BCUT2D eigenvalue weighted by molar-refractivity contribution is -0.188. The molecule has 0 amide bonds. The van der Waals surface area contributed by atoms with Gasteiger partial charge in [0, 0.05) is 12.3 Å². The van der Waals surface area contributed by atoms with Crippen LogP contribution < -0.4 is 0 Å². The summed E-state index contributed by atoms with van der Waals surface area (Å²) in [7, 11) is -5.92. The van der Waals surface area contributed by atoms with E-state index in [1.807, 2.05) is 0 Å². The number of hydrogen-bond donors (Lipinski definition) is 3. The van der Waals surface area contributed by atoms with Gasteiger partial charge in [-0.1, -0.05) is 19.3 Å². The van der Waals surface area contributed by atoms with Crippen LogP contribution in [0, 0.1) is 23.7 Å². The zero-order valence-corrected chi connectivity index (χ0v) is 18.3. The van der Waals surface area contributed by atoms with Gasteiger partial charge in [-0.3, -0.25) is 9.35 Å². The minimum Gasteiger partial charge on any atom is -0.465 e. The minimum absolute atomic E-state index is 0.0603. The van der Waals surface area contributed by atoms with Gasteiger partial charge in [-0.05, 0) is 50.9 Å². The third-order valence-corrected chi connectivity index (χ3v) is 8.59. The fraction of sp³-hybridized carbons (Fsp3) is 0.950. The van der Waals surface area contributed by atoms with Crippen molar-refractivity contribution in [2.24, 2.45) is 23.7 Å². The molecule has 3 fully saturated rings. The average molecular weight is 473 g/mol. The van der Waals surface area contributed by atoms with Gasteiger partial charge in [0.05, 0.1) is 23.7 Å². The van der Waals surface area contributed by atoms with Gasteiger partial charge >= 0.3 is 21.3 Å². The number of alkyl halides is 3. The molecule has 3 saturated carbocycles. The van der Waals surface area contributed by atoms with Crippen LogP contribution in [0.4, 0.5) is 13.2 Å². The maximum atomic E-state index is 13.6. The van der Waals surface area contributed by atoms with E-state index in [0.717, 1.165) is 25.7 Å².